The van der Waals surface area contributed by atoms with Crippen LogP contribution < -0.4 is 4.90 Å². The Morgan fingerprint density at radius 1 is 1.10 bits per heavy atom. The number of aromatic nitrogens is 2. The van der Waals surface area contributed by atoms with Gasteiger partial charge in [0.25, 0.3) is 0 Å². The van der Waals surface area contributed by atoms with Crippen molar-refractivity contribution in [3.63, 3.8) is 0 Å². The van der Waals surface area contributed by atoms with Crippen LogP contribution in [0.3, 0.4) is 0 Å². The van der Waals surface area contributed by atoms with E-state index in [1.165, 1.54) is 0 Å². The third-order valence-corrected chi connectivity index (χ3v) is 3.85. The number of carboxylic acids is 1. The highest BCUT2D eigenvalue weighted by atomic mass is 16.4. The largest absolute Gasteiger partial charge is 0.481 e. The van der Waals surface area contributed by atoms with Gasteiger partial charge in [-0.3, -0.25) is 9.59 Å². The van der Waals surface area contributed by atoms with Crippen molar-refractivity contribution in [1.82, 2.24) is 14.9 Å². The fourth-order valence-electron chi connectivity index (χ4n) is 2.56. The summed E-state index contributed by atoms with van der Waals surface area (Å²) in [6.07, 6.45) is 3.87. The first kappa shape index (κ1) is 12.8. The Morgan fingerprint density at radius 2 is 1.75 bits per heavy atom. The lowest BCUT2D eigenvalue weighted by Gasteiger charge is -2.34. The summed E-state index contributed by atoms with van der Waals surface area (Å²) in [5, 5.41) is 8.87. The molecule has 3 rings (SSSR count). The molecule has 0 bridgehead atoms. The summed E-state index contributed by atoms with van der Waals surface area (Å²) in [5.74, 6) is -0.995. The van der Waals surface area contributed by atoms with Crippen LogP contribution in [0.5, 0.6) is 0 Å². The number of carbonyl (C=O) groups is 2. The molecule has 1 aliphatic heterocycles. The summed E-state index contributed by atoms with van der Waals surface area (Å²) < 4.78 is 0. The minimum Gasteiger partial charge on any atom is -0.481 e. The summed E-state index contributed by atoms with van der Waals surface area (Å²) in [6, 6.07) is 1.77. The van der Waals surface area contributed by atoms with Gasteiger partial charge in [0.2, 0.25) is 11.9 Å². The van der Waals surface area contributed by atoms with E-state index in [0.717, 1.165) is 0 Å². The van der Waals surface area contributed by atoms with Crippen molar-refractivity contribution in [3.8, 4) is 0 Å². The monoisotopic (exact) mass is 276 g/mol. The lowest BCUT2D eigenvalue weighted by Crippen LogP contribution is -2.50. The Hall–Kier alpha value is -2.18. The predicted octanol–water partition coefficient (Wildman–Crippen LogP) is -0.154. The van der Waals surface area contributed by atoms with Crippen molar-refractivity contribution < 1.29 is 14.7 Å². The number of hydrogen-bond acceptors (Lipinski definition) is 5. The third kappa shape index (κ3) is 2.43. The molecule has 1 N–H and O–H groups in total. The second-order valence-electron chi connectivity index (χ2n) is 5.15. The number of hydrogen-bond donors (Lipinski definition) is 1. The molecule has 0 unspecified atom stereocenters. The Bertz CT molecular complexity index is 514. The number of piperazine rings is 1. The molecule has 7 nitrogen and oxygen atoms in total. The number of amides is 1. The van der Waals surface area contributed by atoms with Crippen LogP contribution in [0.25, 0.3) is 0 Å². The van der Waals surface area contributed by atoms with Crippen LogP contribution in [0, 0.1) is 11.8 Å². The summed E-state index contributed by atoms with van der Waals surface area (Å²) in [6.45, 7) is 2.56. The van der Waals surface area contributed by atoms with Crippen LogP contribution >= 0.6 is 0 Å². The van der Waals surface area contributed by atoms with E-state index in [1.54, 1.807) is 23.4 Å². The number of nitrogens with zero attached hydrogens (tertiary/aromatic N) is 4. The van der Waals surface area contributed by atoms with E-state index in [1.807, 2.05) is 4.90 Å². The molecule has 2 fully saturated rings. The average Bonchev–Trinajstić information content (AvgIpc) is 3.28. The van der Waals surface area contributed by atoms with E-state index < -0.39 is 11.9 Å². The molecule has 1 amide bonds. The minimum atomic E-state index is -0.861. The van der Waals surface area contributed by atoms with Crippen molar-refractivity contribution in [1.29, 1.82) is 0 Å². The third-order valence-electron chi connectivity index (χ3n) is 3.85. The Balaban J connectivity index is 1.54. The Kier molecular flexibility index (Phi) is 3.25. The molecule has 2 aliphatic rings. The maximum atomic E-state index is 12.1. The molecule has 1 aromatic heterocycles. The van der Waals surface area contributed by atoms with Crippen LogP contribution in [0.4, 0.5) is 5.95 Å². The minimum absolute atomic E-state index is 0.0222. The van der Waals surface area contributed by atoms with E-state index >= 15 is 0 Å². The van der Waals surface area contributed by atoms with E-state index in [4.69, 9.17) is 5.11 Å². The van der Waals surface area contributed by atoms with Gasteiger partial charge >= 0.3 is 5.97 Å². The quantitative estimate of drug-likeness (QED) is 0.826. The van der Waals surface area contributed by atoms with Crippen molar-refractivity contribution in [2.75, 3.05) is 31.1 Å². The zero-order valence-corrected chi connectivity index (χ0v) is 11.0. The average molecular weight is 276 g/mol. The van der Waals surface area contributed by atoms with Crippen molar-refractivity contribution in [3.05, 3.63) is 18.5 Å². The molecular formula is C13H16N4O3. The van der Waals surface area contributed by atoms with Gasteiger partial charge in [-0.05, 0) is 12.5 Å². The predicted molar refractivity (Wildman–Crippen MR) is 70.1 cm³/mol. The number of carboxylic acid groups (broad SMARTS) is 1. The molecule has 1 saturated carbocycles. The smallest absolute Gasteiger partial charge is 0.307 e. The van der Waals surface area contributed by atoms with Gasteiger partial charge in [0.05, 0.1) is 11.8 Å². The van der Waals surface area contributed by atoms with Gasteiger partial charge in [-0.2, -0.15) is 0 Å². The molecule has 1 saturated heterocycles. The van der Waals surface area contributed by atoms with Gasteiger partial charge in [-0.15, -0.1) is 0 Å². The molecule has 1 aromatic rings. The summed E-state index contributed by atoms with van der Waals surface area (Å²) >= 11 is 0. The first-order chi connectivity index (χ1) is 9.66. The zero-order chi connectivity index (χ0) is 14.1. The molecular weight excluding hydrogens is 260 g/mol. The summed E-state index contributed by atoms with van der Waals surface area (Å²) in [4.78, 5) is 35.1. The molecule has 106 valence electrons. The molecule has 1 aliphatic carbocycles. The van der Waals surface area contributed by atoms with E-state index in [2.05, 4.69) is 9.97 Å². The standard InChI is InChI=1S/C13H16N4O3/c18-11(9-8-10(9)12(19)20)16-4-6-17(7-5-16)13-14-2-1-3-15-13/h1-3,9-10H,4-8H2,(H,19,20)/t9-,10+/m1/s1. The SMILES string of the molecule is O=C(O)[C@H]1C[C@H]1C(=O)N1CCN(c2ncccn2)CC1. The second kappa shape index (κ2) is 5.07. The Labute approximate surface area is 116 Å². The number of rotatable bonds is 3. The fraction of sp³-hybridized carbons (Fsp3) is 0.538. The van der Waals surface area contributed by atoms with Crippen LogP contribution in [0.2, 0.25) is 0 Å². The van der Waals surface area contributed by atoms with Crippen LogP contribution in [0.1, 0.15) is 6.42 Å². The maximum absolute atomic E-state index is 12.1. The normalized spacial score (nSPS) is 25.4. The highest BCUT2D eigenvalue weighted by Crippen LogP contribution is 2.40. The number of aliphatic carboxylic acids is 1. The first-order valence-electron chi connectivity index (χ1n) is 6.70. The molecule has 2 atom stereocenters. The summed E-state index contributed by atoms with van der Waals surface area (Å²) in [5.41, 5.74) is 0. The second-order valence-corrected chi connectivity index (χ2v) is 5.15. The molecule has 20 heavy (non-hydrogen) atoms. The lowest BCUT2D eigenvalue weighted by molar-refractivity contribution is -0.142. The first-order valence-corrected chi connectivity index (χ1v) is 6.70. The molecule has 0 aromatic carbocycles. The fourth-order valence-corrected chi connectivity index (χ4v) is 2.56. The van der Waals surface area contributed by atoms with Crippen LogP contribution in [-0.2, 0) is 9.59 Å². The maximum Gasteiger partial charge on any atom is 0.307 e. The Morgan fingerprint density at radius 3 is 2.30 bits per heavy atom. The summed E-state index contributed by atoms with van der Waals surface area (Å²) in [7, 11) is 0. The van der Waals surface area contributed by atoms with Crippen molar-refractivity contribution >= 4 is 17.8 Å². The highest BCUT2D eigenvalue weighted by molar-refractivity contribution is 5.89. The molecule has 0 radical (unpaired) electrons. The van der Waals surface area contributed by atoms with Crippen LogP contribution in [0.15, 0.2) is 18.5 Å². The van der Waals surface area contributed by atoms with Crippen molar-refractivity contribution in [2.24, 2.45) is 11.8 Å². The molecule has 0 spiro atoms. The van der Waals surface area contributed by atoms with Gasteiger partial charge in [0.1, 0.15) is 0 Å². The van der Waals surface area contributed by atoms with Gasteiger partial charge < -0.3 is 14.9 Å². The van der Waals surface area contributed by atoms with E-state index in [-0.39, 0.29) is 11.8 Å². The topological polar surface area (TPSA) is 86.6 Å². The number of carbonyl (C=O) groups excluding carboxylic acids is 1. The number of anilines is 1. The van der Waals surface area contributed by atoms with E-state index in [0.29, 0.717) is 38.5 Å². The molecule has 7 heteroatoms. The molecule has 2 heterocycles. The van der Waals surface area contributed by atoms with Gasteiger partial charge in [0.15, 0.2) is 0 Å². The van der Waals surface area contributed by atoms with E-state index in [9.17, 15) is 9.59 Å². The van der Waals surface area contributed by atoms with Gasteiger partial charge in [-0.1, -0.05) is 0 Å². The van der Waals surface area contributed by atoms with Gasteiger partial charge in [0, 0.05) is 38.6 Å². The highest BCUT2D eigenvalue weighted by Gasteiger charge is 2.50. The zero-order valence-electron chi connectivity index (χ0n) is 11.0. The lowest BCUT2D eigenvalue weighted by atomic mass is 10.2. The van der Waals surface area contributed by atoms with Crippen LogP contribution in [-0.4, -0.2) is 58.0 Å². The van der Waals surface area contributed by atoms with Gasteiger partial charge in [-0.25, -0.2) is 9.97 Å². The van der Waals surface area contributed by atoms with Crippen molar-refractivity contribution in [2.45, 2.75) is 6.42 Å².